The number of nitrogens with one attached hydrogen (secondary N) is 2. The van der Waals surface area contributed by atoms with Crippen LogP contribution >= 0.6 is 11.6 Å². The van der Waals surface area contributed by atoms with Gasteiger partial charge in [0.2, 0.25) is 10.0 Å². The van der Waals surface area contributed by atoms with Crippen LogP contribution in [0.4, 0.5) is 4.39 Å². The first-order chi connectivity index (χ1) is 19.3. The Labute approximate surface area is 242 Å². The van der Waals surface area contributed by atoms with E-state index < -0.39 is 10.0 Å². The Morgan fingerprint density at radius 2 is 1.60 bits per heavy atom. The lowest BCUT2D eigenvalue weighted by Crippen LogP contribution is -2.42. The lowest BCUT2D eigenvalue weighted by atomic mass is 9.75. The summed E-state index contributed by atoms with van der Waals surface area (Å²) >= 11 is 6.22. The lowest BCUT2D eigenvalue weighted by Gasteiger charge is -2.36. The number of sulfonamides is 1. The third kappa shape index (κ3) is 7.12. The Kier molecular flexibility index (Phi) is 9.59. The number of hydrogen-bond donors (Lipinski definition) is 3. The van der Waals surface area contributed by atoms with E-state index in [9.17, 15) is 12.8 Å². The number of aryl methyl sites for hydroxylation is 1. The Morgan fingerprint density at radius 3 is 2.30 bits per heavy atom. The van der Waals surface area contributed by atoms with E-state index in [1.165, 1.54) is 17.2 Å². The molecule has 1 saturated carbocycles. The third-order valence-corrected chi connectivity index (χ3v) is 10.6. The molecule has 8 heteroatoms. The summed E-state index contributed by atoms with van der Waals surface area (Å²) in [6, 6.07) is 21.0. The minimum absolute atomic E-state index is 0.103. The number of halogens is 2. The standard InChI is InChI=1S/C32H39ClFN3O2S/c33-30-17-25(19-35)10-15-32(30)40(38,39)37-21-24-8-6-23(7-9-24)20-36-31-14-11-26-18-27(34)12-13-28(26)29(31)16-22-4-2-1-3-5-22/h1-5,10,12-13,15,17-18,23-24,29,31,36-37H,6-9,11,14,16,19-21,35H2. The smallest absolute Gasteiger partial charge is 0.242 e. The first-order valence-electron chi connectivity index (χ1n) is 14.4. The highest BCUT2D eigenvalue weighted by atomic mass is 35.5. The van der Waals surface area contributed by atoms with Crippen molar-refractivity contribution in [3.8, 4) is 0 Å². The fourth-order valence-corrected chi connectivity index (χ4v) is 8.08. The molecule has 2 atom stereocenters. The summed E-state index contributed by atoms with van der Waals surface area (Å²) in [6.45, 7) is 1.69. The highest BCUT2D eigenvalue weighted by Gasteiger charge is 2.31. The van der Waals surface area contributed by atoms with Crippen LogP contribution in [0.3, 0.4) is 0 Å². The summed E-state index contributed by atoms with van der Waals surface area (Å²) in [4.78, 5) is 0.103. The van der Waals surface area contributed by atoms with E-state index >= 15 is 0 Å². The molecule has 0 saturated heterocycles. The van der Waals surface area contributed by atoms with Gasteiger partial charge in [-0.05, 0) is 110 Å². The predicted octanol–water partition coefficient (Wildman–Crippen LogP) is 5.95. The minimum Gasteiger partial charge on any atom is -0.326 e. The number of benzene rings is 3. The molecule has 1 fully saturated rings. The molecule has 4 N–H and O–H groups in total. The highest BCUT2D eigenvalue weighted by Crippen LogP contribution is 2.36. The van der Waals surface area contributed by atoms with E-state index in [1.54, 1.807) is 24.3 Å². The predicted molar refractivity (Wildman–Crippen MR) is 159 cm³/mol. The average molecular weight is 584 g/mol. The zero-order valence-electron chi connectivity index (χ0n) is 22.8. The molecule has 0 amide bonds. The topological polar surface area (TPSA) is 84.2 Å². The molecule has 3 aromatic carbocycles. The maximum absolute atomic E-state index is 14.0. The molecule has 2 aliphatic carbocycles. The Balaban J connectivity index is 1.14. The molecule has 0 aliphatic heterocycles. The second-order valence-electron chi connectivity index (χ2n) is 11.4. The monoisotopic (exact) mass is 583 g/mol. The molecule has 0 spiro atoms. The van der Waals surface area contributed by atoms with Gasteiger partial charge in [-0.1, -0.05) is 54.1 Å². The molecular formula is C32H39ClFN3O2S. The molecule has 0 radical (unpaired) electrons. The number of hydrogen-bond acceptors (Lipinski definition) is 4. The average Bonchev–Trinajstić information content (AvgIpc) is 2.96. The zero-order chi connectivity index (χ0) is 28.1. The van der Waals surface area contributed by atoms with Gasteiger partial charge in [-0.25, -0.2) is 17.5 Å². The summed E-state index contributed by atoms with van der Waals surface area (Å²) < 4.78 is 42.4. The normalized spacial score (nSPS) is 23.1. The summed E-state index contributed by atoms with van der Waals surface area (Å²) in [6.07, 6.45) is 6.96. The van der Waals surface area contributed by atoms with Crippen molar-refractivity contribution in [1.82, 2.24) is 10.0 Å². The van der Waals surface area contributed by atoms with Gasteiger partial charge in [-0.2, -0.15) is 0 Å². The maximum atomic E-state index is 14.0. The third-order valence-electron chi connectivity index (χ3n) is 8.73. The SMILES string of the molecule is NCc1ccc(S(=O)(=O)NCC2CCC(CNC3CCc4cc(F)ccc4C3Cc3ccccc3)CC2)c(Cl)c1. The molecule has 40 heavy (non-hydrogen) atoms. The molecule has 214 valence electrons. The van der Waals surface area contributed by atoms with Crippen LogP contribution in [-0.4, -0.2) is 27.5 Å². The van der Waals surface area contributed by atoms with Gasteiger partial charge in [0.15, 0.2) is 0 Å². The van der Waals surface area contributed by atoms with Crippen molar-refractivity contribution < 1.29 is 12.8 Å². The molecule has 0 heterocycles. The number of nitrogens with two attached hydrogens (primary N) is 1. The molecule has 2 unspecified atom stereocenters. The van der Waals surface area contributed by atoms with Crippen molar-refractivity contribution in [2.75, 3.05) is 13.1 Å². The van der Waals surface area contributed by atoms with Crippen molar-refractivity contribution >= 4 is 21.6 Å². The lowest BCUT2D eigenvalue weighted by molar-refractivity contribution is 0.252. The first-order valence-corrected chi connectivity index (χ1v) is 16.2. The van der Waals surface area contributed by atoms with Gasteiger partial charge in [0.25, 0.3) is 0 Å². The van der Waals surface area contributed by atoms with E-state index in [2.05, 4.69) is 34.3 Å². The Hall–Kier alpha value is -2.29. The van der Waals surface area contributed by atoms with Gasteiger partial charge >= 0.3 is 0 Å². The molecule has 5 rings (SSSR count). The van der Waals surface area contributed by atoms with Crippen molar-refractivity contribution in [3.63, 3.8) is 0 Å². The van der Waals surface area contributed by atoms with E-state index in [1.807, 2.05) is 12.1 Å². The van der Waals surface area contributed by atoms with Gasteiger partial charge < -0.3 is 11.1 Å². The maximum Gasteiger partial charge on any atom is 0.242 e. The van der Waals surface area contributed by atoms with Crippen LogP contribution in [0.25, 0.3) is 0 Å². The molecular weight excluding hydrogens is 545 g/mol. The largest absolute Gasteiger partial charge is 0.326 e. The minimum atomic E-state index is -3.67. The van der Waals surface area contributed by atoms with Crippen molar-refractivity contribution in [2.24, 2.45) is 17.6 Å². The fraction of sp³-hybridized carbons (Fsp3) is 0.438. The van der Waals surface area contributed by atoms with Crippen LogP contribution in [-0.2, 0) is 29.4 Å². The van der Waals surface area contributed by atoms with Crippen molar-refractivity contribution in [2.45, 2.75) is 68.3 Å². The Morgan fingerprint density at radius 1 is 0.875 bits per heavy atom. The summed E-state index contributed by atoms with van der Waals surface area (Å²) in [7, 11) is -3.67. The second kappa shape index (κ2) is 13.1. The van der Waals surface area contributed by atoms with E-state index in [0.29, 0.717) is 36.9 Å². The van der Waals surface area contributed by atoms with Gasteiger partial charge in [0.1, 0.15) is 10.7 Å². The number of rotatable bonds is 10. The zero-order valence-corrected chi connectivity index (χ0v) is 24.4. The highest BCUT2D eigenvalue weighted by molar-refractivity contribution is 7.89. The molecule has 2 aliphatic rings. The van der Waals surface area contributed by atoms with Gasteiger partial charge in [-0.15, -0.1) is 0 Å². The van der Waals surface area contributed by atoms with Crippen molar-refractivity contribution in [1.29, 1.82) is 0 Å². The second-order valence-corrected chi connectivity index (χ2v) is 13.5. The van der Waals surface area contributed by atoms with Crippen LogP contribution in [0.2, 0.25) is 5.02 Å². The first kappa shape index (κ1) is 29.2. The summed E-state index contributed by atoms with van der Waals surface area (Å²) in [5.74, 6) is 1.03. The van der Waals surface area contributed by atoms with Gasteiger partial charge in [0, 0.05) is 25.0 Å². The van der Waals surface area contributed by atoms with Crippen LogP contribution in [0.15, 0.2) is 71.6 Å². The molecule has 0 aromatic heterocycles. The quantitative estimate of drug-likeness (QED) is 0.275. The van der Waals surface area contributed by atoms with Crippen molar-refractivity contribution in [3.05, 3.63) is 99.8 Å². The van der Waals surface area contributed by atoms with E-state index in [0.717, 1.165) is 62.6 Å². The number of fused-ring (bicyclic) bond motifs is 1. The van der Waals surface area contributed by atoms with Gasteiger partial charge in [-0.3, -0.25) is 0 Å². The Bertz CT molecular complexity index is 1390. The summed E-state index contributed by atoms with van der Waals surface area (Å²) in [5.41, 5.74) is 10.1. The van der Waals surface area contributed by atoms with Gasteiger partial charge in [0.05, 0.1) is 5.02 Å². The molecule has 0 bridgehead atoms. The van der Waals surface area contributed by atoms with E-state index in [4.69, 9.17) is 17.3 Å². The summed E-state index contributed by atoms with van der Waals surface area (Å²) in [5, 5.41) is 4.10. The van der Waals surface area contributed by atoms with Crippen LogP contribution in [0.1, 0.15) is 60.3 Å². The molecule has 3 aromatic rings. The van der Waals surface area contributed by atoms with Crippen LogP contribution in [0, 0.1) is 17.7 Å². The molecule has 5 nitrogen and oxygen atoms in total. The van der Waals surface area contributed by atoms with E-state index in [-0.39, 0.29) is 15.7 Å². The fourth-order valence-electron chi connectivity index (χ4n) is 6.40. The van der Waals surface area contributed by atoms with Crippen LogP contribution in [0.5, 0.6) is 0 Å². The van der Waals surface area contributed by atoms with Crippen LogP contribution < -0.4 is 15.8 Å².